The number of likely N-dealkylation sites (tertiary alicyclic amines) is 1. The van der Waals surface area contributed by atoms with Crippen molar-refractivity contribution in [1.29, 1.82) is 0 Å². The van der Waals surface area contributed by atoms with Gasteiger partial charge in [-0.2, -0.15) is 13.2 Å². The second-order valence-electron chi connectivity index (χ2n) is 6.92. The maximum Gasteiger partial charge on any atom is 0.401 e. The first-order valence-electron chi connectivity index (χ1n) is 9.65. The Morgan fingerprint density at radius 2 is 1.92 bits per heavy atom. The minimum atomic E-state index is -4.12. The molecule has 1 aliphatic rings. The predicted molar refractivity (Wildman–Crippen MR) is 97.9 cm³/mol. The number of hydrogen-bond acceptors (Lipinski definition) is 2. The lowest BCUT2D eigenvalue weighted by Gasteiger charge is -2.26. The zero-order valence-corrected chi connectivity index (χ0v) is 16.2. The quantitative estimate of drug-likeness (QED) is 0.501. The van der Waals surface area contributed by atoms with Crippen LogP contribution >= 0.6 is 0 Å². The molecular formula is C18H35F3N4. The maximum absolute atomic E-state index is 12.6. The Balaban J connectivity index is 2.60. The molecule has 1 unspecified atom stereocenters. The van der Waals surface area contributed by atoms with Crippen molar-refractivity contribution in [3.05, 3.63) is 0 Å². The molecule has 0 bridgehead atoms. The lowest BCUT2D eigenvalue weighted by molar-refractivity contribution is -0.146. The number of aliphatic imine (C=N–C) groups is 1. The summed E-state index contributed by atoms with van der Waals surface area (Å²) in [5.74, 6) is 1.77. The molecule has 148 valence electrons. The number of alkyl halides is 3. The van der Waals surface area contributed by atoms with Gasteiger partial charge >= 0.3 is 6.18 Å². The van der Waals surface area contributed by atoms with Crippen molar-refractivity contribution in [3.8, 4) is 0 Å². The van der Waals surface area contributed by atoms with E-state index >= 15 is 0 Å². The highest BCUT2D eigenvalue weighted by Gasteiger charge is 2.33. The minimum absolute atomic E-state index is 0.263. The SMILES string of the molecule is CCNC(=NCC(CC)CC)N1CCC(CN(CC)CC(F)(F)F)C1. The number of rotatable bonds is 9. The molecule has 1 aliphatic heterocycles. The van der Waals surface area contributed by atoms with Gasteiger partial charge in [-0.05, 0) is 31.7 Å². The second-order valence-corrected chi connectivity index (χ2v) is 6.92. The van der Waals surface area contributed by atoms with Gasteiger partial charge in [-0.1, -0.05) is 33.6 Å². The van der Waals surface area contributed by atoms with Gasteiger partial charge in [0.05, 0.1) is 6.54 Å². The Labute approximate surface area is 150 Å². The molecule has 7 heteroatoms. The fourth-order valence-electron chi connectivity index (χ4n) is 3.29. The average molecular weight is 365 g/mol. The molecule has 4 nitrogen and oxygen atoms in total. The van der Waals surface area contributed by atoms with E-state index in [-0.39, 0.29) is 5.92 Å². The monoisotopic (exact) mass is 364 g/mol. The van der Waals surface area contributed by atoms with E-state index in [4.69, 9.17) is 4.99 Å². The van der Waals surface area contributed by atoms with Crippen LogP contribution in [-0.2, 0) is 0 Å². The zero-order valence-electron chi connectivity index (χ0n) is 16.2. The molecule has 1 heterocycles. The number of hydrogen-bond donors (Lipinski definition) is 1. The summed E-state index contributed by atoms with van der Waals surface area (Å²) in [7, 11) is 0. The van der Waals surface area contributed by atoms with Crippen LogP contribution in [0.1, 0.15) is 47.0 Å². The third-order valence-corrected chi connectivity index (χ3v) is 4.94. The largest absolute Gasteiger partial charge is 0.401 e. The predicted octanol–water partition coefficient (Wildman–Crippen LogP) is 3.59. The first-order valence-corrected chi connectivity index (χ1v) is 9.65. The van der Waals surface area contributed by atoms with Gasteiger partial charge in [-0.25, -0.2) is 0 Å². The van der Waals surface area contributed by atoms with Crippen molar-refractivity contribution in [2.24, 2.45) is 16.8 Å². The highest BCUT2D eigenvalue weighted by Crippen LogP contribution is 2.21. The summed E-state index contributed by atoms with van der Waals surface area (Å²) in [5.41, 5.74) is 0. The van der Waals surface area contributed by atoms with Gasteiger partial charge in [0, 0.05) is 32.7 Å². The summed E-state index contributed by atoms with van der Waals surface area (Å²) in [6.45, 7) is 11.6. The maximum atomic E-state index is 12.6. The topological polar surface area (TPSA) is 30.9 Å². The molecule has 1 fully saturated rings. The summed E-state index contributed by atoms with van der Waals surface area (Å²) >= 11 is 0. The minimum Gasteiger partial charge on any atom is -0.357 e. The standard InChI is InChI=1S/C18H35F3N4/c1-5-15(6-2)11-23-17(22-7-3)25-10-9-16(13-25)12-24(8-4)14-18(19,20)21/h15-16H,5-14H2,1-4H3,(H,22,23). The third-order valence-electron chi connectivity index (χ3n) is 4.94. The smallest absolute Gasteiger partial charge is 0.357 e. The van der Waals surface area contributed by atoms with Crippen molar-refractivity contribution in [2.45, 2.75) is 53.1 Å². The molecule has 25 heavy (non-hydrogen) atoms. The van der Waals surface area contributed by atoms with E-state index in [2.05, 4.69) is 24.1 Å². The number of nitrogens with one attached hydrogen (secondary N) is 1. The van der Waals surface area contributed by atoms with Crippen LogP contribution in [0.25, 0.3) is 0 Å². The lowest BCUT2D eigenvalue weighted by Crippen LogP contribution is -2.42. The first-order chi connectivity index (χ1) is 11.8. The van der Waals surface area contributed by atoms with Crippen molar-refractivity contribution < 1.29 is 13.2 Å². The molecule has 1 atom stereocenters. The van der Waals surface area contributed by atoms with Gasteiger partial charge < -0.3 is 10.2 Å². The van der Waals surface area contributed by atoms with Gasteiger partial charge in [0.15, 0.2) is 5.96 Å². The molecule has 1 N–H and O–H groups in total. The van der Waals surface area contributed by atoms with Crippen LogP contribution in [0.3, 0.4) is 0 Å². The molecular weight excluding hydrogens is 329 g/mol. The van der Waals surface area contributed by atoms with Gasteiger partial charge in [0.2, 0.25) is 0 Å². The molecule has 1 rings (SSSR count). The third kappa shape index (κ3) is 8.29. The van der Waals surface area contributed by atoms with Crippen LogP contribution in [0, 0.1) is 11.8 Å². The lowest BCUT2D eigenvalue weighted by atomic mass is 10.0. The normalized spacial score (nSPS) is 19.3. The van der Waals surface area contributed by atoms with E-state index in [1.54, 1.807) is 6.92 Å². The fourth-order valence-corrected chi connectivity index (χ4v) is 3.29. The van der Waals surface area contributed by atoms with E-state index in [1.807, 2.05) is 6.92 Å². The van der Waals surface area contributed by atoms with Crippen molar-refractivity contribution >= 4 is 5.96 Å². The summed E-state index contributed by atoms with van der Waals surface area (Å²) in [6.07, 6.45) is -0.973. The fraction of sp³-hybridized carbons (Fsp3) is 0.944. The summed E-state index contributed by atoms with van der Waals surface area (Å²) in [5, 5.41) is 3.34. The van der Waals surface area contributed by atoms with Gasteiger partial charge in [0.25, 0.3) is 0 Å². The Kier molecular flexibility index (Phi) is 9.61. The van der Waals surface area contributed by atoms with Crippen molar-refractivity contribution in [3.63, 3.8) is 0 Å². The molecule has 1 saturated heterocycles. The van der Waals surface area contributed by atoms with Gasteiger partial charge in [-0.3, -0.25) is 9.89 Å². The van der Waals surface area contributed by atoms with Crippen LogP contribution in [0.2, 0.25) is 0 Å². The van der Waals surface area contributed by atoms with Crippen LogP contribution in [0.15, 0.2) is 4.99 Å². The number of halogens is 3. The molecule has 0 aliphatic carbocycles. The van der Waals surface area contributed by atoms with E-state index in [1.165, 1.54) is 4.90 Å². The average Bonchev–Trinajstić information content (AvgIpc) is 3.01. The summed E-state index contributed by atoms with van der Waals surface area (Å²) in [6, 6.07) is 0. The van der Waals surface area contributed by atoms with E-state index in [0.717, 1.165) is 51.4 Å². The highest BCUT2D eigenvalue weighted by atomic mass is 19.4. The molecule has 0 radical (unpaired) electrons. The van der Waals surface area contributed by atoms with Crippen molar-refractivity contribution in [1.82, 2.24) is 15.1 Å². The molecule has 0 spiro atoms. The van der Waals surface area contributed by atoms with E-state index in [9.17, 15) is 13.2 Å². The van der Waals surface area contributed by atoms with Crippen LogP contribution < -0.4 is 5.32 Å². The van der Waals surface area contributed by atoms with Crippen molar-refractivity contribution in [2.75, 3.05) is 45.8 Å². The molecule has 0 aromatic heterocycles. The highest BCUT2D eigenvalue weighted by molar-refractivity contribution is 5.80. The Bertz CT molecular complexity index is 394. The number of guanidine groups is 1. The first kappa shape index (κ1) is 22.1. The zero-order chi connectivity index (χ0) is 18.9. The van der Waals surface area contributed by atoms with E-state index < -0.39 is 12.7 Å². The molecule has 0 amide bonds. The molecule has 0 aromatic rings. The Hall–Kier alpha value is -0.980. The van der Waals surface area contributed by atoms with Crippen LogP contribution in [0.5, 0.6) is 0 Å². The molecule has 0 saturated carbocycles. The van der Waals surface area contributed by atoms with E-state index in [0.29, 0.717) is 19.0 Å². The van der Waals surface area contributed by atoms with Crippen LogP contribution in [0.4, 0.5) is 13.2 Å². The number of nitrogens with zero attached hydrogens (tertiary/aromatic N) is 3. The van der Waals surface area contributed by atoms with Gasteiger partial charge in [0.1, 0.15) is 0 Å². The Morgan fingerprint density at radius 1 is 1.24 bits per heavy atom. The summed E-state index contributed by atoms with van der Waals surface area (Å²) in [4.78, 5) is 8.48. The second kappa shape index (κ2) is 10.9. The summed E-state index contributed by atoms with van der Waals surface area (Å²) < 4.78 is 37.9. The van der Waals surface area contributed by atoms with Gasteiger partial charge in [-0.15, -0.1) is 0 Å². The Morgan fingerprint density at radius 3 is 2.44 bits per heavy atom. The van der Waals surface area contributed by atoms with Crippen LogP contribution in [-0.4, -0.2) is 67.7 Å². The molecule has 0 aromatic carbocycles.